The Bertz CT molecular complexity index is 1250. The van der Waals surface area contributed by atoms with Gasteiger partial charge in [-0.15, -0.1) is 0 Å². The molecule has 4 rings (SSSR count). The van der Waals surface area contributed by atoms with Crippen molar-refractivity contribution in [2.75, 3.05) is 27.1 Å². The minimum absolute atomic E-state index is 0.175. The number of ether oxygens (including phenoxy) is 5. The third kappa shape index (κ3) is 5.78. The van der Waals surface area contributed by atoms with Crippen LogP contribution >= 0.6 is 15.9 Å². The van der Waals surface area contributed by atoms with Crippen molar-refractivity contribution in [3.63, 3.8) is 0 Å². The van der Waals surface area contributed by atoms with Gasteiger partial charge in [-0.2, -0.15) is 0 Å². The summed E-state index contributed by atoms with van der Waals surface area (Å²) in [5, 5.41) is 0.787. The zero-order chi connectivity index (χ0) is 24.1. The average molecular weight is 533 g/mol. The van der Waals surface area contributed by atoms with Crippen molar-refractivity contribution in [3.8, 4) is 11.5 Å². The van der Waals surface area contributed by atoms with Crippen LogP contribution in [0.1, 0.15) is 28.7 Å². The van der Waals surface area contributed by atoms with E-state index in [4.69, 9.17) is 28.1 Å². The van der Waals surface area contributed by atoms with E-state index in [0.717, 1.165) is 37.9 Å². The highest BCUT2D eigenvalue weighted by Crippen LogP contribution is 2.34. The number of halogens is 1. The fourth-order valence-electron chi connectivity index (χ4n) is 3.79. The molecule has 9 heteroatoms. The molecule has 0 aliphatic carbocycles. The quantitative estimate of drug-likeness (QED) is 0.227. The highest BCUT2D eigenvalue weighted by Gasteiger charge is 2.18. The maximum absolute atomic E-state index is 12.1. The number of hydrogen-bond donors (Lipinski definition) is 0. The van der Waals surface area contributed by atoms with E-state index in [2.05, 4.69) is 15.9 Å². The minimum atomic E-state index is -0.431. The van der Waals surface area contributed by atoms with Gasteiger partial charge < -0.3 is 28.1 Å². The second kappa shape index (κ2) is 11.0. The molecule has 8 nitrogen and oxygen atoms in total. The number of aryl methyl sites for hydroxylation is 2. The first-order chi connectivity index (χ1) is 16.4. The van der Waals surface area contributed by atoms with Crippen LogP contribution in [-0.2, 0) is 38.6 Å². The van der Waals surface area contributed by atoms with Crippen molar-refractivity contribution in [2.45, 2.75) is 33.0 Å². The zero-order valence-electron chi connectivity index (χ0n) is 19.0. The first kappa shape index (κ1) is 24.3. The number of methoxy groups -OCH3 is 1. The lowest BCUT2D eigenvalue weighted by Gasteiger charge is -2.21. The number of rotatable bonds is 9. The Kier molecular flexibility index (Phi) is 7.87. The number of carbonyl (C=O) groups is 1. The monoisotopic (exact) mass is 532 g/mol. The molecule has 34 heavy (non-hydrogen) atoms. The van der Waals surface area contributed by atoms with Crippen LogP contribution in [0.4, 0.5) is 0 Å². The fraction of sp³-hybridized carbons (Fsp3) is 0.360. The summed E-state index contributed by atoms with van der Waals surface area (Å²) < 4.78 is 33.6. The normalized spacial score (nSPS) is 12.8. The van der Waals surface area contributed by atoms with E-state index in [1.807, 2.05) is 25.1 Å². The molecular weight excluding hydrogens is 508 g/mol. The molecule has 0 unspecified atom stereocenters. The number of esters is 1. The van der Waals surface area contributed by atoms with Crippen molar-refractivity contribution in [2.24, 2.45) is 0 Å². The highest BCUT2D eigenvalue weighted by atomic mass is 79.9. The molecule has 0 saturated carbocycles. The summed E-state index contributed by atoms with van der Waals surface area (Å²) in [6.45, 7) is 3.25. The lowest BCUT2D eigenvalue weighted by Crippen LogP contribution is -2.14. The number of benzene rings is 2. The van der Waals surface area contributed by atoms with Gasteiger partial charge in [-0.25, -0.2) is 4.79 Å². The molecule has 3 aromatic rings. The van der Waals surface area contributed by atoms with Gasteiger partial charge in [-0.05, 0) is 42.7 Å². The summed E-state index contributed by atoms with van der Waals surface area (Å²) in [6, 6.07) is 8.92. The molecule has 0 saturated heterocycles. The maximum atomic E-state index is 12.1. The van der Waals surface area contributed by atoms with Crippen LogP contribution in [0.2, 0.25) is 0 Å². The Morgan fingerprint density at radius 3 is 2.79 bits per heavy atom. The molecule has 0 spiro atoms. The standard InChI is InChI=1S/C25H25BrO8/c1-15-7-24(28)34-22-11-21(16(10-20(15)22)3-4-23(27)31-6-5-29-2)32-13-18-9-19(26)8-17-12-30-14-33-25(17)18/h7-11H,3-6,12-14H2,1-2H3. The Morgan fingerprint density at radius 2 is 1.97 bits per heavy atom. The number of hydrogen-bond acceptors (Lipinski definition) is 8. The van der Waals surface area contributed by atoms with Crippen LogP contribution in [0.5, 0.6) is 11.5 Å². The van der Waals surface area contributed by atoms with Gasteiger partial charge in [0.25, 0.3) is 0 Å². The topological polar surface area (TPSA) is 93.4 Å². The van der Waals surface area contributed by atoms with Crippen molar-refractivity contribution in [1.29, 1.82) is 0 Å². The van der Waals surface area contributed by atoms with Crippen LogP contribution in [-0.4, -0.2) is 33.1 Å². The fourth-order valence-corrected chi connectivity index (χ4v) is 4.34. The summed E-state index contributed by atoms with van der Waals surface area (Å²) in [4.78, 5) is 24.0. The van der Waals surface area contributed by atoms with Crippen LogP contribution in [0.15, 0.2) is 44.0 Å². The lowest BCUT2D eigenvalue weighted by atomic mass is 10.0. The van der Waals surface area contributed by atoms with Crippen LogP contribution in [0, 0.1) is 6.92 Å². The SMILES string of the molecule is COCCOC(=O)CCc1cc2c(C)cc(=O)oc2cc1OCc1cc(Br)cc2c1OCOC2. The van der Waals surface area contributed by atoms with Crippen LogP contribution in [0.3, 0.4) is 0 Å². The van der Waals surface area contributed by atoms with Gasteiger partial charge in [-0.3, -0.25) is 4.79 Å². The van der Waals surface area contributed by atoms with E-state index in [0.29, 0.717) is 31.0 Å². The summed E-state index contributed by atoms with van der Waals surface area (Å²) in [6.07, 6.45) is 0.574. The molecule has 0 atom stereocenters. The molecule has 0 radical (unpaired) electrons. The highest BCUT2D eigenvalue weighted by molar-refractivity contribution is 9.10. The molecule has 1 aliphatic rings. The molecule has 180 valence electrons. The lowest BCUT2D eigenvalue weighted by molar-refractivity contribution is -0.144. The van der Waals surface area contributed by atoms with Crippen LogP contribution < -0.4 is 15.1 Å². The zero-order valence-corrected chi connectivity index (χ0v) is 20.6. The van der Waals surface area contributed by atoms with Gasteiger partial charge in [0, 0.05) is 46.6 Å². The van der Waals surface area contributed by atoms with Gasteiger partial charge in [0.15, 0.2) is 6.79 Å². The van der Waals surface area contributed by atoms with Gasteiger partial charge >= 0.3 is 11.6 Å². The Labute approximate surface area is 204 Å². The molecule has 1 aliphatic heterocycles. The first-order valence-electron chi connectivity index (χ1n) is 10.8. The molecule has 0 bridgehead atoms. The number of fused-ring (bicyclic) bond motifs is 2. The summed E-state index contributed by atoms with van der Waals surface area (Å²) in [5.74, 6) is 0.932. The predicted molar refractivity (Wildman–Crippen MR) is 127 cm³/mol. The van der Waals surface area contributed by atoms with E-state index in [9.17, 15) is 9.59 Å². The predicted octanol–water partition coefficient (Wildman–Crippen LogP) is 4.43. The molecule has 2 heterocycles. The molecule has 0 amide bonds. The van der Waals surface area contributed by atoms with Crippen molar-refractivity contribution >= 4 is 32.9 Å². The first-order valence-corrected chi connectivity index (χ1v) is 11.6. The van der Waals surface area contributed by atoms with Crippen LogP contribution in [0.25, 0.3) is 11.0 Å². The Morgan fingerprint density at radius 1 is 1.12 bits per heavy atom. The molecule has 2 aromatic carbocycles. The van der Waals surface area contributed by atoms with E-state index >= 15 is 0 Å². The number of carbonyl (C=O) groups excluding carboxylic acids is 1. The van der Waals surface area contributed by atoms with Gasteiger partial charge in [0.2, 0.25) is 0 Å². The smallest absolute Gasteiger partial charge is 0.336 e. The molecule has 0 N–H and O–H groups in total. The molecule has 1 aromatic heterocycles. The second-order valence-corrected chi connectivity index (χ2v) is 8.79. The maximum Gasteiger partial charge on any atom is 0.336 e. The van der Waals surface area contributed by atoms with Gasteiger partial charge in [0.1, 0.15) is 30.3 Å². The summed E-state index contributed by atoms with van der Waals surface area (Å²) in [7, 11) is 1.55. The van der Waals surface area contributed by atoms with Crippen molar-refractivity contribution in [1.82, 2.24) is 0 Å². The summed E-state index contributed by atoms with van der Waals surface area (Å²) in [5.41, 5.74) is 3.37. The average Bonchev–Trinajstić information content (AvgIpc) is 2.81. The van der Waals surface area contributed by atoms with Gasteiger partial charge in [0.05, 0.1) is 13.2 Å². The van der Waals surface area contributed by atoms with E-state index in [1.54, 1.807) is 13.2 Å². The second-order valence-electron chi connectivity index (χ2n) is 7.87. The largest absolute Gasteiger partial charge is 0.488 e. The van der Waals surface area contributed by atoms with E-state index in [-0.39, 0.29) is 32.4 Å². The Balaban J connectivity index is 1.61. The Hall–Kier alpha value is -2.88. The van der Waals surface area contributed by atoms with Crippen molar-refractivity contribution < 1.29 is 32.9 Å². The van der Waals surface area contributed by atoms with Crippen molar-refractivity contribution in [3.05, 3.63) is 67.5 Å². The minimum Gasteiger partial charge on any atom is -0.488 e. The third-order valence-corrected chi connectivity index (χ3v) is 5.87. The summed E-state index contributed by atoms with van der Waals surface area (Å²) >= 11 is 3.52. The molecule has 0 fully saturated rings. The molecular formula is C25H25BrO8. The van der Waals surface area contributed by atoms with E-state index < -0.39 is 5.63 Å². The van der Waals surface area contributed by atoms with E-state index in [1.165, 1.54) is 6.07 Å². The third-order valence-electron chi connectivity index (χ3n) is 5.42. The van der Waals surface area contributed by atoms with Gasteiger partial charge in [-0.1, -0.05) is 15.9 Å².